The highest BCUT2D eigenvalue weighted by Gasteiger charge is 2.17. The van der Waals surface area contributed by atoms with Crippen LogP contribution in [0.3, 0.4) is 0 Å². The monoisotopic (exact) mass is 284 g/mol. The van der Waals surface area contributed by atoms with Crippen molar-refractivity contribution < 1.29 is 4.79 Å². The smallest absolute Gasteiger partial charge is 0.255 e. The molecule has 1 aliphatic rings. The van der Waals surface area contributed by atoms with Gasteiger partial charge >= 0.3 is 0 Å². The van der Waals surface area contributed by atoms with Crippen molar-refractivity contribution in [2.75, 3.05) is 0 Å². The maximum Gasteiger partial charge on any atom is 0.255 e. The van der Waals surface area contributed by atoms with E-state index < -0.39 is 0 Å². The van der Waals surface area contributed by atoms with E-state index in [-0.39, 0.29) is 5.91 Å². The van der Waals surface area contributed by atoms with Gasteiger partial charge in [0.25, 0.3) is 5.91 Å². The van der Waals surface area contributed by atoms with Crippen LogP contribution in [-0.4, -0.2) is 15.7 Å². The molecule has 3 rings (SSSR count). The standard InChI is InChI=1S/C16H20N4O/c1-10-15(11(2)20(3)19-10)16(21)18-7-12-4-5-13-8-17-9-14(13)6-12/h4-6,17H,7-9H2,1-3H3,(H,18,21). The highest BCUT2D eigenvalue weighted by atomic mass is 16.1. The summed E-state index contributed by atoms with van der Waals surface area (Å²) in [6.07, 6.45) is 0. The van der Waals surface area contributed by atoms with Crippen LogP contribution in [0.5, 0.6) is 0 Å². The number of fused-ring (bicyclic) bond motifs is 1. The minimum absolute atomic E-state index is 0.0586. The maximum atomic E-state index is 12.3. The minimum Gasteiger partial charge on any atom is -0.348 e. The second-order valence-corrected chi connectivity index (χ2v) is 5.56. The van der Waals surface area contributed by atoms with E-state index in [1.54, 1.807) is 4.68 Å². The molecule has 2 N–H and O–H groups in total. The summed E-state index contributed by atoms with van der Waals surface area (Å²) in [6, 6.07) is 6.38. The van der Waals surface area contributed by atoms with Crippen molar-refractivity contribution in [1.82, 2.24) is 20.4 Å². The van der Waals surface area contributed by atoms with Crippen LogP contribution in [0.1, 0.15) is 38.4 Å². The molecule has 5 nitrogen and oxygen atoms in total. The lowest BCUT2D eigenvalue weighted by molar-refractivity contribution is 0.0949. The number of aromatic nitrogens is 2. The molecule has 21 heavy (non-hydrogen) atoms. The molecule has 0 fully saturated rings. The Morgan fingerprint density at radius 3 is 2.81 bits per heavy atom. The molecule has 5 heteroatoms. The van der Waals surface area contributed by atoms with Gasteiger partial charge in [0.2, 0.25) is 0 Å². The first-order chi connectivity index (χ1) is 10.1. The number of hydrogen-bond donors (Lipinski definition) is 2. The lowest BCUT2D eigenvalue weighted by atomic mass is 10.1. The molecule has 0 aliphatic carbocycles. The number of amides is 1. The molecule has 1 aromatic carbocycles. The molecule has 0 saturated heterocycles. The van der Waals surface area contributed by atoms with Crippen molar-refractivity contribution in [3.63, 3.8) is 0 Å². The Hall–Kier alpha value is -2.14. The summed E-state index contributed by atoms with van der Waals surface area (Å²) in [5.74, 6) is -0.0586. The van der Waals surface area contributed by atoms with Gasteiger partial charge in [0.15, 0.2) is 0 Å². The summed E-state index contributed by atoms with van der Waals surface area (Å²) in [4.78, 5) is 12.3. The summed E-state index contributed by atoms with van der Waals surface area (Å²) in [5.41, 5.74) is 6.15. The predicted octanol–water partition coefficient (Wildman–Crippen LogP) is 1.57. The van der Waals surface area contributed by atoms with E-state index in [1.807, 2.05) is 20.9 Å². The van der Waals surface area contributed by atoms with Crippen molar-refractivity contribution in [3.8, 4) is 0 Å². The van der Waals surface area contributed by atoms with Crippen LogP contribution in [0.2, 0.25) is 0 Å². The zero-order valence-corrected chi connectivity index (χ0v) is 12.7. The highest BCUT2D eigenvalue weighted by Crippen LogP contribution is 2.17. The molecule has 1 amide bonds. The van der Waals surface area contributed by atoms with Gasteiger partial charge in [-0.15, -0.1) is 0 Å². The third-order valence-corrected chi connectivity index (χ3v) is 4.09. The average Bonchev–Trinajstić information content (AvgIpc) is 3.01. The fourth-order valence-corrected chi connectivity index (χ4v) is 2.83. The Kier molecular flexibility index (Phi) is 3.51. The second-order valence-electron chi connectivity index (χ2n) is 5.56. The van der Waals surface area contributed by atoms with E-state index in [4.69, 9.17) is 0 Å². The average molecular weight is 284 g/mol. The SMILES string of the molecule is Cc1nn(C)c(C)c1C(=O)NCc1ccc2c(c1)CNC2. The van der Waals surface area contributed by atoms with Gasteiger partial charge in [0.05, 0.1) is 11.3 Å². The molecule has 0 spiro atoms. The Morgan fingerprint density at radius 2 is 2.10 bits per heavy atom. The molecule has 0 bridgehead atoms. The molecule has 110 valence electrons. The van der Waals surface area contributed by atoms with Gasteiger partial charge in [-0.3, -0.25) is 9.48 Å². The van der Waals surface area contributed by atoms with Crippen molar-refractivity contribution in [2.45, 2.75) is 33.5 Å². The first-order valence-electron chi connectivity index (χ1n) is 7.16. The Bertz CT molecular complexity index is 703. The molecular formula is C16H20N4O. The first kappa shape index (κ1) is 13.8. The van der Waals surface area contributed by atoms with Crippen LogP contribution in [-0.2, 0) is 26.7 Å². The lowest BCUT2D eigenvalue weighted by Crippen LogP contribution is -2.24. The van der Waals surface area contributed by atoms with Crippen molar-refractivity contribution in [2.24, 2.45) is 7.05 Å². The number of aryl methyl sites for hydroxylation is 2. The number of hydrogen-bond acceptors (Lipinski definition) is 3. The molecular weight excluding hydrogens is 264 g/mol. The predicted molar refractivity (Wildman–Crippen MR) is 80.8 cm³/mol. The molecule has 0 atom stereocenters. The molecule has 2 heterocycles. The molecule has 0 radical (unpaired) electrons. The third-order valence-electron chi connectivity index (χ3n) is 4.09. The van der Waals surface area contributed by atoms with Crippen LogP contribution >= 0.6 is 0 Å². The van der Waals surface area contributed by atoms with Gasteiger partial charge in [-0.2, -0.15) is 5.10 Å². The van der Waals surface area contributed by atoms with Gasteiger partial charge in [0.1, 0.15) is 0 Å². The van der Waals surface area contributed by atoms with E-state index in [0.717, 1.165) is 30.0 Å². The van der Waals surface area contributed by atoms with Crippen LogP contribution in [0.4, 0.5) is 0 Å². The zero-order valence-electron chi connectivity index (χ0n) is 12.7. The van der Waals surface area contributed by atoms with Crippen LogP contribution in [0.15, 0.2) is 18.2 Å². The third kappa shape index (κ3) is 2.56. The summed E-state index contributed by atoms with van der Waals surface area (Å²) in [6.45, 7) is 6.17. The normalized spacial score (nSPS) is 13.3. The fraction of sp³-hybridized carbons (Fsp3) is 0.375. The van der Waals surface area contributed by atoms with Gasteiger partial charge in [-0.05, 0) is 30.5 Å². The second kappa shape index (κ2) is 5.33. The van der Waals surface area contributed by atoms with E-state index >= 15 is 0 Å². The molecule has 2 aromatic rings. The Morgan fingerprint density at radius 1 is 1.33 bits per heavy atom. The number of carbonyl (C=O) groups excluding carboxylic acids is 1. The summed E-state index contributed by atoms with van der Waals surface area (Å²) >= 11 is 0. The minimum atomic E-state index is -0.0586. The lowest BCUT2D eigenvalue weighted by Gasteiger charge is -2.07. The van der Waals surface area contributed by atoms with Crippen molar-refractivity contribution >= 4 is 5.91 Å². The van der Waals surface area contributed by atoms with E-state index in [9.17, 15) is 4.79 Å². The number of rotatable bonds is 3. The molecule has 0 unspecified atom stereocenters. The number of carbonyl (C=O) groups is 1. The molecule has 1 aromatic heterocycles. The number of nitrogens with zero attached hydrogens (tertiary/aromatic N) is 2. The first-order valence-corrected chi connectivity index (χ1v) is 7.16. The topological polar surface area (TPSA) is 59.0 Å². The van der Waals surface area contributed by atoms with Crippen LogP contribution in [0.25, 0.3) is 0 Å². The van der Waals surface area contributed by atoms with E-state index in [0.29, 0.717) is 12.1 Å². The largest absolute Gasteiger partial charge is 0.348 e. The van der Waals surface area contributed by atoms with Crippen molar-refractivity contribution in [1.29, 1.82) is 0 Å². The fourth-order valence-electron chi connectivity index (χ4n) is 2.83. The van der Waals surface area contributed by atoms with Gasteiger partial charge in [-0.1, -0.05) is 18.2 Å². The van der Waals surface area contributed by atoms with E-state index in [2.05, 4.69) is 33.9 Å². The summed E-state index contributed by atoms with van der Waals surface area (Å²) in [5, 5.41) is 10.6. The number of benzene rings is 1. The van der Waals surface area contributed by atoms with Crippen LogP contribution in [0, 0.1) is 13.8 Å². The van der Waals surface area contributed by atoms with Crippen LogP contribution < -0.4 is 10.6 Å². The highest BCUT2D eigenvalue weighted by molar-refractivity contribution is 5.96. The van der Waals surface area contributed by atoms with Gasteiger partial charge in [-0.25, -0.2) is 0 Å². The van der Waals surface area contributed by atoms with Gasteiger partial charge < -0.3 is 10.6 Å². The molecule has 1 aliphatic heterocycles. The summed E-state index contributed by atoms with van der Waals surface area (Å²) < 4.78 is 1.74. The van der Waals surface area contributed by atoms with Gasteiger partial charge in [0, 0.05) is 32.4 Å². The Balaban J connectivity index is 1.71. The van der Waals surface area contributed by atoms with E-state index in [1.165, 1.54) is 11.1 Å². The Labute approximate surface area is 124 Å². The van der Waals surface area contributed by atoms with Crippen molar-refractivity contribution in [3.05, 3.63) is 51.8 Å². The summed E-state index contributed by atoms with van der Waals surface area (Å²) in [7, 11) is 1.85. The maximum absolute atomic E-state index is 12.3. The zero-order chi connectivity index (χ0) is 15.0. The molecule has 0 saturated carbocycles. The quantitative estimate of drug-likeness (QED) is 0.899. The number of nitrogens with one attached hydrogen (secondary N) is 2.